The molecule has 3 aliphatic heterocycles. The van der Waals surface area contributed by atoms with Crippen LogP contribution in [0, 0.1) is 5.92 Å². The van der Waals surface area contributed by atoms with E-state index in [1.807, 2.05) is 0 Å². The first-order valence-corrected chi connectivity index (χ1v) is 8.28. The van der Waals surface area contributed by atoms with Gasteiger partial charge in [0.1, 0.15) is 47.8 Å². The summed E-state index contributed by atoms with van der Waals surface area (Å²) in [5.74, 6) is -1.04. The fourth-order valence-electron chi connectivity index (χ4n) is 4.21. The van der Waals surface area contributed by atoms with Crippen molar-refractivity contribution in [3.05, 3.63) is 12.3 Å². The van der Waals surface area contributed by atoms with Crippen LogP contribution in [0.5, 0.6) is 0 Å². The van der Waals surface area contributed by atoms with E-state index < -0.39 is 79.5 Å². The molecule has 0 amide bonds. The summed E-state index contributed by atoms with van der Waals surface area (Å²) in [7, 11) is 0. The van der Waals surface area contributed by atoms with Gasteiger partial charge in [-0.25, -0.2) is 0 Å². The van der Waals surface area contributed by atoms with Gasteiger partial charge in [0.05, 0.1) is 25.4 Å². The van der Waals surface area contributed by atoms with Gasteiger partial charge in [0.25, 0.3) is 0 Å². The molecule has 11 nitrogen and oxygen atoms in total. The molecule has 11 heteroatoms. The number of hydrogen-bond donors (Lipinski definition) is 7. The minimum atomic E-state index is -1.79. The Balaban J connectivity index is 1.57. The predicted molar refractivity (Wildman–Crippen MR) is 78.0 cm³/mol. The summed E-state index contributed by atoms with van der Waals surface area (Å²) in [5.41, 5.74) is -3.07. The molecule has 0 aromatic heterocycles. The Labute approximate surface area is 147 Å². The van der Waals surface area contributed by atoms with Crippen LogP contribution in [0.2, 0.25) is 0 Å². The highest BCUT2D eigenvalue weighted by molar-refractivity contribution is 5.32. The topological polar surface area (TPSA) is 182 Å². The summed E-state index contributed by atoms with van der Waals surface area (Å²) < 4.78 is 21.6. The average Bonchev–Trinajstić information content (AvgIpc) is 3.32. The van der Waals surface area contributed by atoms with Crippen molar-refractivity contribution < 1.29 is 54.7 Å². The van der Waals surface area contributed by atoms with Crippen LogP contribution in [0.1, 0.15) is 0 Å². The Hall–Kier alpha value is -0.860. The van der Waals surface area contributed by atoms with E-state index >= 15 is 0 Å². The zero-order valence-corrected chi connectivity index (χ0v) is 13.5. The number of aliphatic hydroxyl groups is 7. The molecule has 2 saturated heterocycles. The molecule has 4 rings (SSSR count). The quantitative estimate of drug-likeness (QED) is 0.234. The van der Waals surface area contributed by atoms with Crippen molar-refractivity contribution in [2.75, 3.05) is 13.2 Å². The lowest BCUT2D eigenvalue weighted by Gasteiger charge is -2.45. The number of aliphatic hydroxyl groups excluding tert-OH is 6. The van der Waals surface area contributed by atoms with Crippen LogP contribution < -0.4 is 0 Å². The minimum Gasteiger partial charge on any atom is -0.472 e. The van der Waals surface area contributed by atoms with Crippen LogP contribution in [0.4, 0.5) is 0 Å². The Morgan fingerprint density at radius 3 is 2.38 bits per heavy atom. The van der Waals surface area contributed by atoms with E-state index in [4.69, 9.17) is 18.9 Å². The van der Waals surface area contributed by atoms with Crippen molar-refractivity contribution in [1.82, 2.24) is 0 Å². The zero-order chi connectivity index (χ0) is 18.9. The van der Waals surface area contributed by atoms with Gasteiger partial charge in [-0.15, -0.1) is 0 Å². The summed E-state index contributed by atoms with van der Waals surface area (Å²) in [6.07, 6.45) is -8.62. The lowest BCUT2D eigenvalue weighted by atomic mass is 9.81. The molecular formula is C15H22O11. The van der Waals surface area contributed by atoms with Crippen molar-refractivity contribution in [1.29, 1.82) is 0 Å². The number of rotatable bonds is 4. The molecular weight excluding hydrogens is 356 g/mol. The van der Waals surface area contributed by atoms with E-state index in [0.29, 0.717) is 0 Å². The molecule has 26 heavy (non-hydrogen) atoms. The predicted octanol–water partition coefficient (Wildman–Crippen LogP) is -4.48. The molecule has 0 spiro atoms. The molecule has 0 unspecified atom stereocenters. The maximum atomic E-state index is 10.8. The van der Waals surface area contributed by atoms with Crippen molar-refractivity contribution in [2.45, 2.75) is 60.4 Å². The maximum Gasteiger partial charge on any atom is 0.210 e. The molecule has 148 valence electrons. The normalized spacial score (nSPS) is 58.0. The van der Waals surface area contributed by atoms with E-state index in [9.17, 15) is 35.7 Å². The van der Waals surface area contributed by atoms with Crippen LogP contribution in [0.15, 0.2) is 12.3 Å². The fourth-order valence-corrected chi connectivity index (χ4v) is 4.21. The van der Waals surface area contributed by atoms with E-state index in [1.54, 1.807) is 0 Å². The number of epoxide rings is 1. The van der Waals surface area contributed by atoms with Crippen LogP contribution >= 0.6 is 0 Å². The first-order chi connectivity index (χ1) is 12.3. The van der Waals surface area contributed by atoms with Gasteiger partial charge < -0.3 is 54.7 Å². The average molecular weight is 378 g/mol. The first kappa shape index (κ1) is 18.5. The molecule has 1 saturated carbocycles. The Kier molecular flexibility index (Phi) is 4.32. The van der Waals surface area contributed by atoms with Crippen molar-refractivity contribution >= 4 is 0 Å². The highest BCUT2D eigenvalue weighted by Gasteiger charge is 2.81. The molecule has 0 bridgehead atoms. The maximum absolute atomic E-state index is 10.8. The van der Waals surface area contributed by atoms with Gasteiger partial charge in [-0.1, -0.05) is 0 Å². The summed E-state index contributed by atoms with van der Waals surface area (Å²) in [5, 5.41) is 69.8. The van der Waals surface area contributed by atoms with Gasteiger partial charge >= 0.3 is 0 Å². The van der Waals surface area contributed by atoms with E-state index in [2.05, 4.69) is 0 Å². The van der Waals surface area contributed by atoms with E-state index in [1.165, 1.54) is 6.08 Å². The Morgan fingerprint density at radius 2 is 1.73 bits per heavy atom. The number of ether oxygens (including phenoxy) is 4. The summed E-state index contributed by atoms with van der Waals surface area (Å²) >= 11 is 0. The third-order valence-corrected chi connectivity index (χ3v) is 5.74. The molecule has 1 aliphatic carbocycles. The van der Waals surface area contributed by atoms with Crippen molar-refractivity contribution in [2.24, 2.45) is 5.92 Å². The molecule has 3 heterocycles. The second-order valence-electron chi connectivity index (χ2n) is 7.10. The third kappa shape index (κ3) is 2.31. The van der Waals surface area contributed by atoms with Crippen LogP contribution in [0.25, 0.3) is 0 Å². The van der Waals surface area contributed by atoms with Crippen molar-refractivity contribution in [3.8, 4) is 0 Å². The smallest absolute Gasteiger partial charge is 0.210 e. The van der Waals surface area contributed by atoms with Gasteiger partial charge in [-0.3, -0.25) is 0 Å². The van der Waals surface area contributed by atoms with Gasteiger partial charge in [-0.2, -0.15) is 0 Å². The molecule has 0 radical (unpaired) electrons. The van der Waals surface area contributed by atoms with Gasteiger partial charge in [0, 0.05) is 0 Å². The minimum absolute atomic E-state index is 0.507. The summed E-state index contributed by atoms with van der Waals surface area (Å²) in [4.78, 5) is 0. The molecule has 0 aromatic rings. The Bertz CT molecular complexity index is 584. The summed E-state index contributed by atoms with van der Waals surface area (Å²) in [6, 6.07) is 0. The first-order valence-electron chi connectivity index (χ1n) is 8.28. The highest BCUT2D eigenvalue weighted by atomic mass is 16.8. The van der Waals surface area contributed by atoms with Crippen molar-refractivity contribution in [3.63, 3.8) is 0 Å². The second-order valence-corrected chi connectivity index (χ2v) is 7.10. The van der Waals surface area contributed by atoms with E-state index in [0.717, 1.165) is 6.26 Å². The van der Waals surface area contributed by atoms with Gasteiger partial charge in [0.15, 0.2) is 6.29 Å². The van der Waals surface area contributed by atoms with Gasteiger partial charge in [0.2, 0.25) is 6.29 Å². The van der Waals surface area contributed by atoms with Crippen LogP contribution in [-0.4, -0.2) is 109 Å². The highest BCUT2D eigenvalue weighted by Crippen LogP contribution is 2.61. The molecule has 11 atom stereocenters. The molecule has 0 aromatic carbocycles. The zero-order valence-electron chi connectivity index (χ0n) is 13.5. The van der Waals surface area contributed by atoms with E-state index in [-0.39, 0.29) is 0 Å². The number of fused-ring (bicyclic) bond motifs is 3. The number of hydrogen-bond acceptors (Lipinski definition) is 11. The van der Waals surface area contributed by atoms with Gasteiger partial charge in [-0.05, 0) is 6.08 Å². The largest absolute Gasteiger partial charge is 0.472 e. The molecule has 4 aliphatic rings. The molecule has 7 N–H and O–H groups in total. The monoisotopic (exact) mass is 378 g/mol. The fraction of sp³-hybridized carbons (Fsp3) is 0.867. The second kappa shape index (κ2) is 6.07. The Morgan fingerprint density at radius 1 is 1.00 bits per heavy atom. The SMILES string of the molecule is OC[C@H]1O[C@H](O[C@@H]2OC=C[C@@]3(O)[C@H](O)[C@@H]4O[C@]4(CO)[C@H]23)[C@H](O)[C@@H](O)[C@@H]1O. The lowest BCUT2D eigenvalue weighted by Crippen LogP contribution is -2.62. The lowest BCUT2D eigenvalue weighted by molar-refractivity contribution is -0.350. The molecule has 3 fully saturated rings. The third-order valence-electron chi connectivity index (χ3n) is 5.74. The standard InChI is InChI=1S/C15H22O11/c16-3-5-6(18)7(19)8(20)12(24-5)25-13-9-14(22,1-2-23-13)10(21)11-15(9,4-17)26-11/h1-2,5-13,16-22H,3-4H2/t5-,6-,7+,8-,9-,10-,11+,12-,13+,14+,15-/m1/s1. The van der Waals surface area contributed by atoms with Crippen LogP contribution in [0.3, 0.4) is 0 Å². The summed E-state index contributed by atoms with van der Waals surface area (Å²) in [6.45, 7) is -1.14. The van der Waals surface area contributed by atoms with Crippen LogP contribution in [-0.2, 0) is 18.9 Å².